The molecule has 0 aliphatic carbocycles. The average Bonchev–Trinajstić information content (AvgIpc) is 2.93. The standard InChI is InChI=1S/C18H16BrN3O2/c1-11-6-7-14(9-17(11)23)21-18(24)16-10-20-22(12(16)2)15-5-3-4-13(19)8-15/h3-10,23H,1-2H3,(H,21,24). The Morgan fingerprint density at radius 1 is 1.21 bits per heavy atom. The molecule has 5 nitrogen and oxygen atoms in total. The van der Waals surface area contributed by atoms with Crippen molar-refractivity contribution in [2.24, 2.45) is 0 Å². The Morgan fingerprint density at radius 3 is 2.71 bits per heavy atom. The zero-order valence-corrected chi connectivity index (χ0v) is 14.8. The van der Waals surface area contributed by atoms with Gasteiger partial charge < -0.3 is 10.4 Å². The van der Waals surface area contributed by atoms with Crippen LogP contribution in [0.1, 0.15) is 21.6 Å². The number of hydrogen-bond acceptors (Lipinski definition) is 3. The Hall–Kier alpha value is -2.60. The highest BCUT2D eigenvalue weighted by Crippen LogP contribution is 2.22. The number of carbonyl (C=O) groups excluding carboxylic acids is 1. The SMILES string of the molecule is Cc1ccc(NC(=O)c2cnn(-c3cccc(Br)c3)c2C)cc1O. The predicted molar refractivity (Wildman–Crippen MR) is 96.8 cm³/mol. The quantitative estimate of drug-likeness (QED) is 0.709. The molecular formula is C18H16BrN3O2. The molecule has 0 radical (unpaired) electrons. The van der Waals surface area contributed by atoms with Crippen molar-refractivity contribution < 1.29 is 9.90 Å². The van der Waals surface area contributed by atoms with Gasteiger partial charge in [-0.25, -0.2) is 4.68 Å². The summed E-state index contributed by atoms with van der Waals surface area (Å²) in [4.78, 5) is 12.5. The Morgan fingerprint density at radius 2 is 2.00 bits per heavy atom. The minimum absolute atomic E-state index is 0.148. The topological polar surface area (TPSA) is 67.2 Å². The highest BCUT2D eigenvalue weighted by atomic mass is 79.9. The van der Waals surface area contributed by atoms with Crippen molar-refractivity contribution in [2.75, 3.05) is 5.32 Å². The van der Waals surface area contributed by atoms with E-state index in [0.29, 0.717) is 11.3 Å². The number of benzene rings is 2. The van der Waals surface area contributed by atoms with Crippen LogP contribution in [0.2, 0.25) is 0 Å². The van der Waals surface area contributed by atoms with E-state index in [1.165, 1.54) is 6.07 Å². The van der Waals surface area contributed by atoms with E-state index in [0.717, 1.165) is 21.4 Å². The molecule has 0 spiro atoms. The molecule has 6 heteroatoms. The van der Waals surface area contributed by atoms with E-state index in [1.807, 2.05) is 31.2 Å². The van der Waals surface area contributed by atoms with Crippen molar-refractivity contribution in [1.29, 1.82) is 0 Å². The summed E-state index contributed by atoms with van der Waals surface area (Å²) in [6.45, 7) is 3.64. The number of phenols is 1. The zero-order chi connectivity index (χ0) is 17.3. The molecule has 0 atom stereocenters. The second-order valence-electron chi connectivity index (χ2n) is 5.49. The van der Waals surface area contributed by atoms with E-state index in [9.17, 15) is 9.90 Å². The van der Waals surface area contributed by atoms with E-state index in [4.69, 9.17) is 0 Å². The van der Waals surface area contributed by atoms with E-state index in [-0.39, 0.29) is 11.7 Å². The fourth-order valence-electron chi connectivity index (χ4n) is 2.39. The van der Waals surface area contributed by atoms with Crippen molar-refractivity contribution in [2.45, 2.75) is 13.8 Å². The molecule has 24 heavy (non-hydrogen) atoms. The molecule has 0 unspecified atom stereocenters. The highest BCUT2D eigenvalue weighted by molar-refractivity contribution is 9.10. The van der Waals surface area contributed by atoms with Gasteiger partial charge >= 0.3 is 0 Å². The maximum Gasteiger partial charge on any atom is 0.259 e. The largest absolute Gasteiger partial charge is 0.508 e. The van der Waals surface area contributed by atoms with Gasteiger partial charge in [0.15, 0.2) is 0 Å². The van der Waals surface area contributed by atoms with Gasteiger partial charge in [-0.3, -0.25) is 4.79 Å². The van der Waals surface area contributed by atoms with Crippen molar-refractivity contribution in [3.05, 3.63) is 70.0 Å². The van der Waals surface area contributed by atoms with Gasteiger partial charge in [0, 0.05) is 16.2 Å². The number of halogens is 1. The number of anilines is 1. The number of phenolic OH excluding ortho intramolecular Hbond substituents is 1. The van der Waals surface area contributed by atoms with Gasteiger partial charge in [-0.2, -0.15) is 5.10 Å². The van der Waals surface area contributed by atoms with Crippen molar-refractivity contribution in [3.63, 3.8) is 0 Å². The second-order valence-corrected chi connectivity index (χ2v) is 6.41. The normalized spacial score (nSPS) is 10.6. The molecule has 0 fully saturated rings. The molecule has 0 saturated carbocycles. The summed E-state index contributed by atoms with van der Waals surface area (Å²) >= 11 is 3.43. The van der Waals surface area contributed by atoms with Gasteiger partial charge in [0.05, 0.1) is 23.1 Å². The number of aromatic hydroxyl groups is 1. The third kappa shape index (κ3) is 3.19. The fourth-order valence-corrected chi connectivity index (χ4v) is 2.77. The molecule has 0 aliphatic rings. The Balaban J connectivity index is 1.87. The third-order valence-corrected chi connectivity index (χ3v) is 4.27. The molecule has 2 aromatic carbocycles. The van der Waals surface area contributed by atoms with E-state index in [2.05, 4.69) is 26.3 Å². The number of rotatable bonds is 3. The van der Waals surface area contributed by atoms with E-state index in [1.54, 1.807) is 29.9 Å². The minimum atomic E-state index is -0.267. The molecule has 1 aromatic heterocycles. The highest BCUT2D eigenvalue weighted by Gasteiger charge is 2.15. The molecule has 1 amide bonds. The number of nitrogens with zero attached hydrogens (tertiary/aromatic N) is 2. The van der Waals surface area contributed by atoms with Crippen molar-refractivity contribution >= 4 is 27.5 Å². The molecule has 122 valence electrons. The summed E-state index contributed by atoms with van der Waals surface area (Å²) in [6.07, 6.45) is 1.54. The molecule has 3 aromatic rings. The summed E-state index contributed by atoms with van der Waals surface area (Å²) < 4.78 is 2.66. The fraction of sp³-hybridized carbons (Fsp3) is 0.111. The number of nitrogens with one attached hydrogen (secondary N) is 1. The second kappa shape index (κ2) is 6.49. The van der Waals surface area contributed by atoms with Crippen LogP contribution in [-0.4, -0.2) is 20.8 Å². The molecule has 0 bridgehead atoms. The minimum Gasteiger partial charge on any atom is -0.508 e. The molecule has 2 N–H and O–H groups in total. The van der Waals surface area contributed by atoms with Crippen LogP contribution in [0.15, 0.2) is 53.1 Å². The summed E-state index contributed by atoms with van der Waals surface area (Å²) in [6, 6.07) is 12.7. The summed E-state index contributed by atoms with van der Waals surface area (Å²) in [7, 11) is 0. The first-order chi connectivity index (χ1) is 11.5. The lowest BCUT2D eigenvalue weighted by molar-refractivity contribution is 0.102. The molecule has 0 aliphatic heterocycles. The molecule has 1 heterocycles. The van der Waals surface area contributed by atoms with Gasteiger partial charge in [0.1, 0.15) is 5.75 Å². The summed E-state index contributed by atoms with van der Waals surface area (Å²) in [5, 5.41) is 16.8. The van der Waals surface area contributed by atoms with Crippen molar-refractivity contribution in [3.8, 4) is 11.4 Å². The van der Waals surface area contributed by atoms with E-state index < -0.39 is 0 Å². The molecule has 0 saturated heterocycles. The van der Waals surface area contributed by atoms with Gasteiger partial charge in [-0.1, -0.05) is 28.1 Å². The molecular weight excluding hydrogens is 370 g/mol. The van der Waals surface area contributed by atoms with Gasteiger partial charge in [-0.15, -0.1) is 0 Å². The van der Waals surface area contributed by atoms with Crippen LogP contribution in [0.5, 0.6) is 5.75 Å². The first kappa shape index (κ1) is 16.3. The first-order valence-corrected chi connectivity index (χ1v) is 8.16. The third-order valence-electron chi connectivity index (χ3n) is 3.77. The number of aryl methyl sites for hydroxylation is 1. The molecule has 3 rings (SSSR count). The smallest absolute Gasteiger partial charge is 0.259 e. The number of amides is 1. The number of aromatic nitrogens is 2. The Labute approximate surface area is 148 Å². The van der Waals surface area contributed by atoms with Crippen LogP contribution in [0.3, 0.4) is 0 Å². The monoisotopic (exact) mass is 385 g/mol. The van der Waals surface area contributed by atoms with Crippen molar-refractivity contribution in [1.82, 2.24) is 9.78 Å². The van der Waals surface area contributed by atoms with Gasteiger partial charge in [0.2, 0.25) is 0 Å². The lowest BCUT2D eigenvalue weighted by Gasteiger charge is -2.08. The summed E-state index contributed by atoms with van der Waals surface area (Å²) in [5.74, 6) is -0.119. The maximum atomic E-state index is 12.5. The maximum absolute atomic E-state index is 12.5. The average molecular weight is 386 g/mol. The Bertz CT molecular complexity index is 918. The van der Waals surface area contributed by atoms with Gasteiger partial charge in [0.25, 0.3) is 5.91 Å². The lowest BCUT2D eigenvalue weighted by Crippen LogP contribution is -2.13. The van der Waals surface area contributed by atoms with Crippen LogP contribution in [0.25, 0.3) is 5.69 Å². The zero-order valence-electron chi connectivity index (χ0n) is 13.2. The van der Waals surface area contributed by atoms with Crippen LogP contribution in [0, 0.1) is 13.8 Å². The number of hydrogen-bond donors (Lipinski definition) is 2. The summed E-state index contributed by atoms with van der Waals surface area (Å²) in [5.41, 5.74) is 3.38. The number of carbonyl (C=O) groups is 1. The lowest BCUT2D eigenvalue weighted by atomic mass is 10.2. The van der Waals surface area contributed by atoms with Gasteiger partial charge in [-0.05, 0) is 43.7 Å². The predicted octanol–water partition coefficient (Wildman–Crippen LogP) is 4.21. The van der Waals surface area contributed by atoms with Crippen LogP contribution < -0.4 is 5.32 Å². The van der Waals surface area contributed by atoms with E-state index >= 15 is 0 Å². The van der Waals surface area contributed by atoms with Crippen LogP contribution in [0.4, 0.5) is 5.69 Å². The van der Waals surface area contributed by atoms with Crippen LogP contribution in [-0.2, 0) is 0 Å². The van der Waals surface area contributed by atoms with Crippen LogP contribution >= 0.6 is 15.9 Å². The Kier molecular flexibility index (Phi) is 4.40. The first-order valence-electron chi connectivity index (χ1n) is 7.37.